The predicted octanol–water partition coefficient (Wildman–Crippen LogP) is 1.92. The lowest BCUT2D eigenvalue weighted by Gasteiger charge is -2.20. The number of methoxy groups -OCH3 is 1. The summed E-state index contributed by atoms with van der Waals surface area (Å²) < 4.78 is 30.0. The maximum absolute atomic E-state index is 13.0. The molecule has 0 radical (unpaired) electrons. The highest BCUT2D eigenvalue weighted by Crippen LogP contribution is 2.35. The van der Waals surface area contributed by atoms with E-state index in [1.165, 1.54) is 12.1 Å². The molecule has 8 heteroatoms. The van der Waals surface area contributed by atoms with Crippen LogP contribution in [0.3, 0.4) is 0 Å². The van der Waals surface area contributed by atoms with Crippen LogP contribution in [-0.4, -0.2) is 55.2 Å². The number of aliphatic hydroxyl groups excluding tert-OH is 1. The van der Waals surface area contributed by atoms with E-state index in [-0.39, 0.29) is 36.5 Å². The van der Waals surface area contributed by atoms with Crippen LogP contribution in [0.5, 0.6) is 5.75 Å². The second-order valence-corrected chi connectivity index (χ2v) is 8.25. The van der Waals surface area contributed by atoms with Crippen LogP contribution in [0.2, 0.25) is 0 Å². The number of carbonyl (C=O) groups excluding carboxylic acids is 1. The Morgan fingerprint density at radius 1 is 1.09 bits per heavy atom. The summed E-state index contributed by atoms with van der Waals surface area (Å²) in [5.74, 6) is 0.406. The molecule has 3 N–H and O–H groups in total. The molecule has 0 bridgehead atoms. The zero-order chi connectivity index (χ0) is 22.5. The van der Waals surface area contributed by atoms with Gasteiger partial charge in [0.05, 0.1) is 31.8 Å². The number of carbonyl (C=O) groups is 1. The molecule has 2 saturated heterocycles. The van der Waals surface area contributed by atoms with E-state index >= 15 is 0 Å². The topological polar surface area (TPSA) is 89.1 Å². The Balaban J connectivity index is 1.17. The molecule has 0 unspecified atom stereocenters. The number of nitrogens with one attached hydrogen (secondary N) is 2. The van der Waals surface area contributed by atoms with Crippen LogP contribution < -0.4 is 15.4 Å². The third-order valence-electron chi connectivity index (χ3n) is 5.93. The highest BCUT2D eigenvalue weighted by Gasteiger charge is 2.50. The lowest BCUT2D eigenvalue weighted by Crippen LogP contribution is -2.39. The van der Waals surface area contributed by atoms with Crippen LogP contribution in [-0.2, 0) is 27.4 Å². The summed E-state index contributed by atoms with van der Waals surface area (Å²) >= 11 is 0. The fourth-order valence-corrected chi connectivity index (χ4v) is 4.19. The van der Waals surface area contributed by atoms with E-state index in [0.717, 1.165) is 16.9 Å². The molecule has 0 aliphatic carbocycles. The number of aliphatic hydroxyl groups is 1. The molecule has 2 aromatic rings. The van der Waals surface area contributed by atoms with Gasteiger partial charge in [0.25, 0.3) is 0 Å². The summed E-state index contributed by atoms with van der Waals surface area (Å²) in [6.45, 7) is 1.45. The van der Waals surface area contributed by atoms with E-state index in [1.54, 1.807) is 19.2 Å². The Labute approximate surface area is 186 Å². The Hall–Kier alpha value is -2.52. The average Bonchev–Trinajstić information content (AvgIpc) is 3.32. The van der Waals surface area contributed by atoms with Crippen LogP contribution in [0.4, 0.5) is 4.39 Å². The largest absolute Gasteiger partial charge is 0.497 e. The van der Waals surface area contributed by atoms with Crippen molar-refractivity contribution in [1.82, 2.24) is 10.6 Å². The van der Waals surface area contributed by atoms with Gasteiger partial charge in [-0.1, -0.05) is 24.3 Å². The van der Waals surface area contributed by atoms with E-state index in [1.807, 2.05) is 24.3 Å². The van der Waals surface area contributed by atoms with Crippen molar-refractivity contribution in [1.29, 1.82) is 0 Å². The number of benzene rings is 2. The Morgan fingerprint density at radius 3 is 2.47 bits per heavy atom. The first-order chi connectivity index (χ1) is 15.5. The van der Waals surface area contributed by atoms with E-state index in [9.17, 15) is 14.3 Å². The molecule has 0 aromatic heterocycles. The molecule has 0 saturated carbocycles. The maximum Gasteiger partial charge on any atom is 0.222 e. The second kappa shape index (κ2) is 10.4. The van der Waals surface area contributed by atoms with Gasteiger partial charge in [0.15, 0.2) is 0 Å². The van der Waals surface area contributed by atoms with Gasteiger partial charge in [0, 0.05) is 26.1 Å². The molecule has 7 nitrogen and oxygen atoms in total. The van der Waals surface area contributed by atoms with Crippen LogP contribution in [0.1, 0.15) is 24.0 Å². The van der Waals surface area contributed by atoms with Crippen LogP contribution in [0.15, 0.2) is 48.5 Å². The molecular formula is C24H29FN2O5. The van der Waals surface area contributed by atoms with Crippen molar-refractivity contribution < 1.29 is 28.5 Å². The van der Waals surface area contributed by atoms with Crippen molar-refractivity contribution in [2.24, 2.45) is 0 Å². The number of halogens is 1. The number of amides is 1. The lowest BCUT2D eigenvalue weighted by molar-refractivity contribution is -0.124. The lowest BCUT2D eigenvalue weighted by atomic mass is 10.1. The minimum Gasteiger partial charge on any atom is -0.497 e. The third-order valence-corrected chi connectivity index (χ3v) is 5.93. The van der Waals surface area contributed by atoms with Gasteiger partial charge in [0.1, 0.15) is 23.8 Å². The minimum absolute atomic E-state index is 0.0993. The first-order valence-electron chi connectivity index (χ1n) is 10.9. The fourth-order valence-electron chi connectivity index (χ4n) is 4.19. The Morgan fingerprint density at radius 2 is 1.78 bits per heavy atom. The molecule has 2 aliphatic rings. The maximum atomic E-state index is 13.0. The van der Waals surface area contributed by atoms with Gasteiger partial charge in [-0.15, -0.1) is 0 Å². The first kappa shape index (κ1) is 22.7. The van der Waals surface area contributed by atoms with E-state index < -0.39 is 12.2 Å². The van der Waals surface area contributed by atoms with Gasteiger partial charge in [-0.2, -0.15) is 0 Å². The third kappa shape index (κ3) is 5.63. The summed E-state index contributed by atoms with van der Waals surface area (Å²) in [7, 11) is 1.61. The molecular weight excluding hydrogens is 415 g/mol. The number of hydrogen-bond donors (Lipinski definition) is 3. The zero-order valence-corrected chi connectivity index (χ0v) is 18.0. The van der Waals surface area contributed by atoms with Crippen molar-refractivity contribution >= 4 is 5.91 Å². The summed E-state index contributed by atoms with van der Waals surface area (Å²) in [6, 6.07) is 13.8. The molecule has 5 atom stereocenters. The Bertz CT molecular complexity index is 892. The minimum atomic E-state index is -0.756. The summed E-state index contributed by atoms with van der Waals surface area (Å²) in [6.07, 6.45) is -1.25. The number of fused-ring (bicyclic) bond motifs is 1. The molecule has 32 heavy (non-hydrogen) atoms. The predicted molar refractivity (Wildman–Crippen MR) is 116 cm³/mol. The molecule has 2 aliphatic heterocycles. The average molecular weight is 445 g/mol. The molecule has 2 heterocycles. The van der Waals surface area contributed by atoms with Crippen molar-refractivity contribution in [2.75, 3.05) is 13.7 Å². The van der Waals surface area contributed by atoms with Crippen molar-refractivity contribution in [3.8, 4) is 5.75 Å². The number of hydrogen-bond acceptors (Lipinski definition) is 6. The highest BCUT2D eigenvalue weighted by molar-refractivity contribution is 5.76. The van der Waals surface area contributed by atoms with E-state index in [4.69, 9.17) is 14.2 Å². The van der Waals surface area contributed by atoms with Crippen LogP contribution in [0.25, 0.3) is 0 Å². The molecule has 2 aromatic carbocycles. The van der Waals surface area contributed by atoms with Crippen molar-refractivity contribution in [3.63, 3.8) is 0 Å². The van der Waals surface area contributed by atoms with Gasteiger partial charge in [0.2, 0.25) is 5.91 Å². The zero-order valence-electron chi connectivity index (χ0n) is 18.0. The monoisotopic (exact) mass is 444 g/mol. The fraction of sp³-hybridized carbons (Fsp3) is 0.458. The molecule has 0 spiro atoms. The van der Waals surface area contributed by atoms with E-state index in [2.05, 4.69) is 10.6 Å². The summed E-state index contributed by atoms with van der Waals surface area (Å²) in [4.78, 5) is 12.3. The molecule has 4 rings (SSSR count). The van der Waals surface area contributed by atoms with Gasteiger partial charge in [-0.3, -0.25) is 4.79 Å². The molecule has 1 amide bonds. The standard InChI is InChI=1S/C24H29FN2O5/c1-30-18-8-4-16(5-9-18)13-27-22(28)11-19-10-20-24(31-19)23(29)21(32-20)14-26-12-15-2-6-17(25)7-3-15/h2-9,19-21,23-24,26,29H,10-14H2,1H3,(H,27,28)/t19-,20+,21+,23+,24-/m0/s1. The van der Waals surface area contributed by atoms with Crippen LogP contribution >= 0.6 is 0 Å². The summed E-state index contributed by atoms with van der Waals surface area (Å²) in [5.41, 5.74) is 1.94. The van der Waals surface area contributed by atoms with Gasteiger partial charge in [-0.05, 0) is 35.4 Å². The van der Waals surface area contributed by atoms with E-state index in [0.29, 0.717) is 26.1 Å². The first-order valence-corrected chi connectivity index (χ1v) is 10.9. The second-order valence-electron chi connectivity index (χ2n) is 8.25. The smallest absolute Gasteiger partial charge is 0.222 e. The highest BCUT2D eigenvalue weighted by atomic mass is 19.1. The van der Waals surface area contributed by atoms with Gasteiger partial charge < -0.3 is 30.0 Å². The molecule has 172 valence electrons. The van der Waals surface area contributed by atoms with Gasteiger partial charge >= 0.3 is 0 Å². The van der Waals surface area contributed by atoms with Crippen LogP contribution in [0, 0.1) is 5.82 Å². The van der Waals surface area contributed by atoms with Crippen molar-refractivity contribution in [3.05, 3.63) is 65.5 Å². The normalized spacial score (nSPS) is 26.7. The SMILES string of the molecule is COc1ccc(CNC(=O)C[C@@H]2C[C@H]3O[C@H](CNCc4ccc(F)cc4)[C@@H](O)[C@H]3O2)cc1. The quantitative estimate of drug-likeness (QED) is 0.548. The number of ether oxygens (including phenoxy) is 3. The van der Waals surface area contributed by atoms with Crippen molar-refractivity contribution in [2.45, 2.75) is 56.5 Å². The number of rotatable bonds is 9. The Kier molecular flexibility index (Phi) is 7.36. The molecule has 2 fully saturated rings. The summed E-state index contributed by atoms with van der Waals surface area (Å²) in [5, 5.41) is 16.7. The van der Waals surface area contributed by atoms with Gasteiger partial charge in [-0.25, -0.2) is 4.39 Å².